The number of thioether (sulfide) groups is 1. The fourth-order valence-corrected chi connectivity index (χ4v) is 4.11. The third-order valence-electron chi connectivity index (χ3n) is 4.84. The van der Waals surface area contributed by atoms with E-state index in [0.717, 1.165) is 0 Å². The quantitative estimate of drug-likeness (QED) is 0.344. The summed E-state index contributed by atoms with van der Waals surface area (Å²) in [6, 6.07) is 13.8. The highest BCUT2D eigenvalue weighted by molar-refractivity contribution is 8.00. The maximum atomic E-state index is 12.8. The molecule has 0 saturated carbocycles. The average Bonchev–Trinajstić information content (AvgIpc) is 3.12. The first kappa shape index (κ1) is 24.5. The molecule has 0 unspecified atom stereocenters. The number of rotatable bonds is 9. The zero-order valence-electron chi connectivity index (χ0n) is 18.5. The molecule has 0 bridgehead atoms. The predicted octanol–water partition coefficient (Wildman–Crippen LogP) is 4.36. The van der Waals surface area contributed by atoms with Gasteiger partial charge in [-0.05, 0) is 37.6 Å². The van der Waals surface area contributed by atoms with Crippen molar-refractivity contribution in [1.29, 1.82) is 0 Å². The van der Waals surface area contributed by atoms with E-state index >= 15 is 0 Å². The second kappa shape index (κ2) is 11.1. The van der Waals surface area contributed by atoms with Crippen LogP contribution < -0.4 is 10.6 Å². The van der Waals surface area contributed by atoms with Crippen molar-refractivity contribution in [3.63, 3.8) is 0 Å². The lowest BCUT2D eigenvalue weighted by Gasteiger charge is -2.14. The summed E-state index contributed by atoms with van der Waals surface area (Å²) in [5.41, 5.74) is 1.61. The summed E-state index contributed by atoms with van der Waals surface area (Å²) in [6.45, 7) is 3.38. The normalized spacial score (nSPS) is 11.6. The number of para-hydroxylation sites is 1. The average molecular weight is 486 g/mol. The number of Topliss-reactive ketones (excluding diaryl/α,β-unsaturated/α-hetero) is 1. The van der Waals surface area contributed by atoms with Crippen LogP contribution in [0.4, 0.5) is 11.4 Å². The number of carbonyl (C=O) groups excluding carboxylic acids is 3. The van der Waals surface area contributed by atoms with E-state index in [0.29, 0.717) is 39.4 Å². The first-order valence-corrected chi connectivity index (χ1v) is 11.6. The molecule has 2 N–H and O–H groups in total. The monoisotopic (exact) mass is 485 g/mol. The van der Waals surface area contributed by atoms with Crippen molar-refractivity contribution >= 4 is 52.3 Å². The number of anilines is 2. The first-order chi connectivity index (χ1) is 15.8. The summed E-state index contributed by atoms with van der Waals surface area (Å²) in [4.78, 5) is 36.8. The molecule has 2 aromatic carbocycles. The molecule has 3 rings (SSSR count). The molecular weight excluding hydrogens is 462 g/mol. The van der Waals surface area contributed by atoms with Gasteiger partial charge in [0, 0.05) is 18.3 Å². The fraction of sp³-hybridized carbons (Fsp3) is 0.261. The number of amides is 2. The van der Waals surface area contributed by atoms with Crippen molar-refractivity contribution in [2.45, 2.75) is 37.1 Å². The molecule has 0 radical (unpaired) electrons. The van der Waals surface area contributed by atoms with Gasteiger partial charge >= 0.3 is 0 Å². The molecule has 0 saturated heterocycles. The molecule has 10 heteroatoms. The minimum absolute atomic E-state index is 0.0100. The van der Waals surface area contributed by atoms with Crippen molar-refractivity contribution in [3.8, 4) is 0 Å². The Morgan fingerprint density at radius 1 is 1.09 bits per heavy atom. The number of nitrogens with zero attached hydrogens (tertiary/aromatic N) is 3. The van der Waals surface area contributed by atoms with Gasteiger partial charge in [0.2, 0.25) is 11.8 Å². The van der Waals surface area contributed by atoms with Crippen LogP contribution in [0.25, 0.3) is 0 Å². The topological polar surface area (TPSA) is 106 Å². The van der Waals surface area contributed by atoms with Crippen LogP contribution in [-0.4, -0.2) is 37.6 Å². The van der Waals surface area contributed by atoms with Gasteiger partial charge in [0.05, 0.1) is 22.4 Å². The summed E-state index contributed by atoms with van der Waals surface area (Å²) in [5.74, 6) is -0.0846. The van der Waals surface area contributed by atoms with Gasteiger partial charge in [0.25, 0.3) is 0 Å². The van der Waals surface area contributed by atoms with Crippen LogP contribution in [0.2, 0.25) is 5.02 Å². The zero-order valence-corrected chi connectivity index (χ0v) is 20.0. The molecule has 3 aromatic rings. The largest absolute Gasteiger partial charge is 0.325 e. The fourth-order valence-electron chi connectivity index (χ4n) is 2.99. The number of halogens is 1. The SMILES string of the molecule is CC[C@@H](Sc1nnc(CC(=O)Nc2ccccc2Cl)n1C)C(=O)Nc1cccc(C(C)=O)c1. The summed E-state index contributed by atoms with van der Waals surface area (Å²) < 4.78 is 1.70. The lowest BCUT2D eigenvalue weighted by Crippen LogP contribution is -2.25. The molecule has 2 amide bonds. The van der Waals surface area contributed by atoms with Crippen LogP contribution in [0.5, 0.6) is 0 Å². The van der Waals surface area contributed by atoms with Crippen LogP contribution in [0, 0.1) is 0 Å². The Morgan fingerprint density at radius 3 is 2.55 bits per heavy atom. The lowest BCUT2D eigenvalue weighted by molar-refractivity contribution is -0.116. The number of ketones is 1. The van der Waals surface area contributed by atoms with E-state index in [9.17, 15) is 14.4 Å². The second-order valence-electron chi connectivity index (χ2n) is 7.30. The predicted molar refractivity (Wildman–Crippen MR) is 130 cm³/mol. The van der Waals surface area contributed by atoms with Gasteiger partial charge in [0.1, 0.15) is 5.82 Å². The van der Waals surface area contributed by atoms with Gasteiger partial charge in [-0.3, -0.25) is 14.4 Å². The van der Waals surface area contributed by atoms with Gasteiger partial charge in [-0.1, -0.05) is 54.6 Å². The maximum absolute atomic E-state index is 12.8. The number of hydrogen-bond donors (Lipinski definition) is 2. The van der Waals surface area contributed by atoms with Gasteiger partial charge < -0.3 is 15.2 Å². The van der Waals surface area contributed by atoms with Crippen molar-refractivity contribution in [1.82, 2.24) is 14.8 Å². The van der Waals surface area contributed by atoms with Gasteiger partial charge in [-0.15, -0.1) is 10.2 Å². The Labute approximate surface area is 201 Å². The summed E-state index contributed by atoms with van der Waals surface area (Å²) in [7, 11) is 1.75. The van der Waals surface area contributed by atoms with Crippen molar-refractivity contribution in [2.24, 2.45) is 7.05 Å². The number of aromatic nitrogens is 3. The van der Waals surface area contributed by atoms with E-state index in [-0.39, 0.29) is 24.0 Å². The molecule has 0 fully saturated rings. The molecule has 8 nitrogen and oxygen atoms in total. The number of nitrogens with one attached hydrogen (secondary N) is 2. The Bertz CT molecular complexity index is 1180. The van der Waals surface area contributed by atoms with E-state index < -0.39 is 5.25 Å². The number of carbonyl (C=O) groups is 3. The number of benzene rings is 2. The van der Waals surface area contributed by atoms with Crippen LogP contribution in [-0.2, 0) is 23.1 Å². The summed E-state index contributed by atoms with van der Waals surface area (Å²) >= 11 is 7.35. The zero-order chi connectivity index (χ0) is 24.0. The van der Waals surface area contributed by atoms with E-state index in [1.54, 1.807) is 60.1 Å². The second-order valence-corrected chi connectivity index (χ2v) is 8.88. The first-order valence-electron chi connectivity index (χ1n) is 10.3. The number of hydrogen-bond acceptors (Lipinski definition) is 6. The van der Waals surface area contributed by atoms with Gasteiger partial charge in [-0.2, -0.15) is 0 Å². The molecule has 33 heavy (non-hydrogen) atoms. The van der Waals surface area contributed by atoms with Crippen LogP contribution in [0.15, 0.2) is 53.7 Å². The molecule has 0 aliphatic rings. The van der Waals surface area contributed by atoms with E-state index in [1.807, 2.05) is 6.92 Å². The third kappa shape index (κ3) is 6.43. The van der Waals surface area contributed by atoms with Crippen molar-refractivity contribution in [3.05, 3.63) is 64.9 Å². The highest BCUT2D eigenvalue weighted by atomic mass is 35.5. The molecule has 0 spiro atoms. The minimum Gasteiger partial charge on any atom is -0.325 e. The van der Waals surface area contributed by atoms with Crippen LogP contribution >= 0.6 is 23.4 Å². The van der Waals surface area contributed by atoms with Crippen LogP contribution in [0.3, 0.4) is 0 Å². The lowest BCUT2D eigenvalue weighted by atomic mass is 10.1. The highest BCUT2D eigenvalue weighted by Crippen LogP contribution is 2.26. The van der Waals surface area contributed by atoms with Crippen molar-refractivity contribution in [2.75, 3.05) is 10.6 Å². The third-order valence-corrected chi connectivity index (χ3v) is 6.57. The minimum atomic E-state index is -0.432. The van der Waals surface area contributed by atoms with E-state index in [4.69, 9.17) is 11.6 Å². The Balaban J connectivity index is 1.64. The standard InChI is InChI=1S/C23H24ClN5O3S/c1-4-19(22(32)25-16-9-7-8-15(12-16)14(2)30)33-23-28-27-20(29(23)3)13-21(31)26-18-11-6-5-10-17(18)24/h5-12,19H,4,13H2,1-3H3,(H,25,32)(H,26,31)/t19-/m1/s1. The smallest absolute Gasteiger partial charge is 0.237 e. The summed E-state index contributed by atoms with van der Waals surface area (Å²) in [6.07, 6.45) is 0.564. The molecule has 1 atom stereocenters. The molecule has 0 aliphatic heterocycles. The summed E-state index contributed by atoms with van der Waals surface area (Å²) in [5, 5.41) is 14.4. The molecule has 0 aliphatic carbocycles. The van der Waals surface area contributed by atoms with Gasteiger partial charge in [-0.25, -0.2) is 0 Å². The molecule has 1 heterocycles. The molecular formula is C23H24ClN5O3S. The van der Waals surface area contributed by atoms with E-state index in [1.165, 1.54) is 18.7 Å². The van der Waals surface area contributed by atoms with E-state index in [2.05, 4.69) is 20.8 Å². The molecule has 1 aromatic heterocycles. The van der Waals surface area contributed by atoms with Crippen LogP contribution in [0.1, 0.15) is 36.5 Å². The highest BCUT2D eigenvalue weighted by Gasteiger charge is 2.22. The van der Waals surface area contributed by atoms with Crippen molar-refractivity contribution < 1.29 is 14.4 Å². The Morgan fingerprint density at radius 2 is 1.85 bits per heavy atom. The Kier molecular flexibility index (Phi) is 8.24. The van der Waals surface area contributed by atoms with Gasteiger partial charge in [0.15, 0.2) is 10.9 Å². The Hall–Kier alpha value is -3.17. The molecule has 172 valence electrons. The maximum Gasteiger partial charge on any atom is 0.237 e.